The molecule has 1 atom stereocenters. The number of nitrogens with two attached hydrogens (primary N) is 1. The van der Waals surface area contributed by atoms with Crippen LogP contribution in [0.3, 0.4) is 0 Å². The van der Waals surface area contributed by atoms with Crippen molar-refractivity contribution >= 4 is 11.8 Å². The van der Waals surface area contributed by atoms with Gasteiger partial charge in [0, 0.05) is 24.7 Å². The quantitative estimate of drug-likeness (QED) is 0.566. The normalized spacial score (nSPS) is 15.2. The molecule has 3 aromatic rings. The number of amides is 2. The van der Waals surface area contributed by atoms with Crippen LogP contribution in [0.25, 0.3) is 0 Å². The Bertz CT molecular complexity index is 1130. The van der Waals surface area contributed by atoms with E-state index in [4.69, 9.17) is 15.2 Å². The maximum absolute atomic E-state index is 11.9. The third-order valence-electron chi connectivity index (χ3n) is 5.26. The van der Waals surface area contributed by atoms with E-state index in [1.807, 2.05) is 30.3 Å². The van der Waals surface area contributed by atoms with Crippen molar-refractivity contribution in [1.82, 2.24) is 9.88 Å². The summed E-state index contributed by atoms with van der Waals surface area (Å²) in [7, 11) is 0. The van der Waals surface area contributed by atoms with Crippen LogP contribution in [0, 0.1) is 0 Å². The van der Waals surface area contributed by atoms with Crippen molar-refractivity contribution in [2.24, 2.45) is 5.73 Å². The van der Waals surface area contributed by atoms with E-state index in [0.717, 1.165) is 17.9 Å². The molecule has 0 spiro atoms. The zero-order valence-electron chi connectivity index (χ0n) is 17.4. The summed E-state index contributed by atoms with van der Waals surface area (Å²) in [6.45, 7) is 4.71. The molecule has 0 saturated carbocycles. The van der Waals surface area contributed by atoms with E-state index in [1.54, 1.807) is 41.3 Å². The van der Waals surface area contributed by atoms with Gasteiger partial charge in [-0.1, -0.05) is 24.8 Å². The Morgan fingerprint density at radius 3 is 2.28 bits per heavy atom. The highest BCUT2D eigenvalue weighted by atomic mass is 16.5. The molecule has 0 aliphatic carbocycles. The van der Waals surface area contributed by atoms with Gasteiger partial charge in [-0.05, 0) is 61.0 Å². The third-order valence-corrected chi connectivity index (χ3v) is 5.26. The summed E-state index contributed by atoms with van der Waals surface area (Å²) in [6.07, 6.45) is 2.08. The lowest BCUT2D eigenvalue weighted by Crippen LogP contribution is -2.26. The lowest BCUT2D eigenvalue weighted by Gasteiger charge is -2.15. The van der Waals surface area contributed by atoms with Crippen molar-refractivity contribution in [3.05, 3.63) is 90.6 Å². The number of rotatable bonds is 7. The minimum absolute atomic E-state index is 0.0461. The molecule has 7 heteroatoms. The van der Waals surface area contributed by atoms with E-state index in [2.05, 4.69) is 11.6 Å². The van der Waals surface area contributed by atoms with E-state index in [1.165, 1.54) is 6.08 Å². The number of pyridine rings is 1. The summed E-state index contributed by atoms with van der Waals surface area (Å²) >= 11 is 0. The summed E-state index contributed by atoms with van der Waals surface area (Å²) in [5, 5.41) is 0. The first kappa shape index (κ1) is 21.1. The van der Waals surface area contributed by atoms with Crippen LogP contribution in [0.15, 0.2) is 79.4 Å². The second-order valence-corrected chi connectivity index (χ2v) is 7.42. The van der Waals surface area contributed by atoms with Crippen LogP contribution in [-0.4, -0.2) is 34.8 Å². The van der Waals surface area contributed by atoms with Crippen LogP contribution in [0.5, 0.6) is 23.1 Å². The van der Waals surface area contributed by atoms with Gasteiger partial charge in [0.05, 0.1) is 0 Å². The zero-order valence-corrected chi connectivity index (χ0v) is 17.4. The molecule has 32 heavy (non-hydrogen) atoms. The maximum Gasteiger partial charge on any atom is 0.254 e. The van der Waals surface area contributed by atoms with Crippen LogP contribution in [0.4, 0.5) is 0 Å². The first-order chi connectivity index (χ1) is 15.5. The maximum atomic E-state index is 11.9. The third kappa shape index (κ3) is 4.78. The number of ether oxygens (including phenoxy) is 2. The fraction of sp³-hybridized carbons (Fsp3) is 0.160. The highest BCUT2D eigenvalue weighted by Gasteiger charge is 2.28. The van der Waals surface area contributed by atoms with Crippen molar-refractivity contribution in [1.29, 1.82) is 0 Å². The van der Waals surface area contributed by atoms with Crippen molar-refractivity contribution in [3.63, 3.8) is 0 Å². The monoisotopic (exact) mass is 429 g/mol. The summed E-state index contributed by atoms with van der Waals surface area (Å²) < 4.78 is 11.7. The van der Waals surface area contributed by atoms with E-state index in [0.29, 0.717) is 24.6 Å². The van der Waals surface area contributed by atoms with Gasteiger partial charge in [0.15, 0.2) is 0 Å². The molecule has 0 radical (unpaired) electrons. The highest BCUT2D eigenvalue weighted by Crippen LogP contribution is 2.31. The van der Waals surface area contributed by atoms with Crippen LogP contribution in [0.2, 0.25) is 0 Å². The Morgan fingerprint density at radius 2 is 1.62 bits per heavy atom. The molecular formula is C25H23N3O4. The fourth-order valence-corrected chi connectivity index (χ4v) is 3.59. The predicted molar refractivity (Wildman–Crippen MR) is 120 cm³/mol. The number of aromatic nitrogens is 1. The number of hydrogen-bond donors (Lipinski definition) is 1. The second kappa shape index (κ2) is 9.34. The molecule has 2 heterocycles. The average molecular weight is 429 g/mol. The van der Waals surface area contributed by atoms with Gasteiger partial charge >= 0.3 is 0 Å². The van der Waals surface area contributed by atoms with Gasteiger partial charge in [-0.2, -0.15) is 0 Å². The smallest absolute Gasteiger partial charge is 0.254 e. The Hall–Kier alpha value is -4.13. The van der Waals surface area contributed by atoms with Gasteiger partial charge in [0.25, 0.3) is 5.91 Å². The lowest BCUT2D eigenvalue weighted by molar-refractivity contribution is -0.125. The SMILES string of the molecule is C=CC(=O)N1CCC(c2ccc(C(N)=O)c(Oc3ccc(Oc4ccccc4)cc3)n2)C1. The van der Waals surface area contributed by atoms with Crippen LogP contribution in [-0.2, 0) is 4.79 Å². The molecule has 7 nitrogen and oxygen atoms in total. The lowest BCUT2D eigenvalue weighted by atomic mass is 10.0. The average Bonchev–Trinajstić information content (AvgIpc) is 3.31. The highest BCUT2D eigenvalue weighted by molar-refractivity contribution is 5.95. The van der Waals surface area contributed by atoms with Gasteiger partial charge in [0.2, 0.25) is 11.8 Å². The molecule has 4 rings (SSSR count). The largest absolute Gasteiger partial charge is 0.457 e. The minimum atomic E-state index is -0.627. The van der Waals surface area contributed by atoms with Crippen molar-refractivity contribution in [2.45, 2.75) is 12.3 Å². The molecule has 1 unspecified atom stereocenters. The number of nitrogens with zero attached hydrogens (tertiary/aromatic N) is 2. The second-order valence-electron chi connectivity index (χ2n) is 7.42. The van der Waals surface area contributed by atoms with Crippen LogP contribution < -0.4 is 15.2 Å². The first-order valence-corrected chi connectivity index (χ1v) is 10.3. The van der Waals surface area contributed by atoms with E-state index in [9.17, 15) is 9.59 Å². The fourth-order valence-electron chi connectivity index (χ4n) is 3.59. The van der Waals surface area contributed by atoms with E-state index < -0.39 is 5.91 Å². The Kier molecular flexibility index (Phi) is 6.17. The number of primary amides is 1. The van der Waals surface area contributed by atoms with Crippen molar-refractivity contribution in [2.75, 3.05) is 13.1 Å². The summed E-state index contributed by atoms with van der Waals surface area (Å²) in [6, 6.07) is 19.8. The predicted octanol–water partition coefficient (Wildman–Crippen LogP) is 4.27. The van der Waals surface area contributed by atoms with E-state index in [-0.39, 0.29) is 23.3 Å². The van der Waals surface area contributed by atoms with Crippen molar-refractivity contribution < 1.29 is 19.1 Å². The number of hydrogen-bond acceptors (Lipinski definition) is 5. The molecule has 162 valence electrons. The molecule has 1 aromatic heterocycles. The van der Waals surface area contributed by atoms with Crippen LogP contribution >= 0.6 is 0 Å². The molecule has 2 aromatic carbocycles. The molecule has 1 aliphatic heterocycles. The van der Waals surface area contributed by atoms with Gasteiger partial charge in [-0.25, -0.2) is 4.98 Å². The van der Waals surface area contributed by atoms with Gasteiger partial charge in [-0.3, -0.25) is 9.59 Å². The van der Waals surface area contributed by atoms with Crippen molar-refractivity contribution in [3.8, 4) is 23.1 Å². The Balaban J connectivity index is 1.52. The molecule has 2 amide bonds. The summed E-state index contributed by atoms with van der Waals surface area (Å²) in [5.41, 5.74) is 6.45. The molecule has 1 aliphatic rings. The zero-order chi connectivity index (χ0) is 22.5. The number of benzene rings is 2. The number of likely N-dealkylation sites (tertiary alicyclic amines) is 1. The van der Waals surface area contributed by atoms with Gasteiger partial charge in [0.1, 0.15) is 22.8 Å². The number of carbonyl (C=O) groups is 2. The minimum Gasteiger partial charge on any atom is -0.457 e. The topological polar surface area (TPSA) is 94.8 Å². The molecular weight excluding hydrogens is 406 g/mol. The molecule has 1 fully saturated rings. The standard InChI is InChI=1S/C25H23N3O4/c1-2-23(29)28-15-14-17(16-28)22-13-12-21(24(26)30)25(27-22)32-20-10-8-19(9-11-20)31-18-6-4-3-5-7-18/h2-13,17H,1,14-16H2,(H2,26,30). The summed E-state index contributed by atoms with van der Waals surface area (Å²) in [5.74, 6) is 1.33. The van der Waals surface area contributed by atoms with Gasteiger partial charge in [-0.15, -0.1) is 0 Å². The van der Waals surface area contributed by atoms with Gasteiger partial charge < -0.3 is 20.1 Å². The number of para-hydroxylation sites is 1. The molecule has 2 N–H and O–H groups in total. The Morgan fingerprint density at radius 1 is 0.969 bits per heavy atom. The summed E-state index contributed by atoms with van der Waals surface area (Å²) in [4.78, 5) is 30.1. The molecule has 0 bridgehead atoms. The first-order valence-electron chi connectivity index (χ1n) is 10.3. The van der Waals surface area contributed by atoms with Crippen LogP contribution in [0.1, 0.15) is 28.4 Å². The van der Waals surface area contributed by atoms with E-state index >= 15 is 0 Å². The molecule has 1 saturated heterocycles. The Labute approximate surface area is 186 Å². The number of carbonyl (C=O) groups excluding carboxylic acids is 2.